The van der Waals surface area contributed by atoms with Gasteiger partial charge in [-0.15, -0.1) is 0 Å². The van der Waals surface area contributed by atoms with Gasteiger partial charge in [0, 0.05) is 11.5 Å². The van der Waals surface area contributed by atoms with Crippen molar-refractivity contribution in [2.24, 2.45) is 0 Å². The maximum atomic E-state index is 12.7. The lowest BCUT2D eigenvalue weighted by Gasteiger charge is -2.13. The topological polar surface area (TPSA) is 111 Å². The Hall–Kier alpha value is -3.88. The Kier molecular flexibility index (Phi) is 5.33. The minimum absolute atomic E-state index is 0.0626. The highest BCUT2D eigenvalue weighted by Crippen LogP contribution is 2.33. The fraction of sp³-hybridized carbons (Fsp3) is 0.273. The molecule has 2 aromatic carbocycles. The van der Waals surface area contributed by atoms with E-state index in [4.69, 9.17) is 14.2 Å². The van der Waals surface area contributed by atoms with Crippen LogP contribution in [0.25, 0.3) is 21.8 Å². The van der Waals surface area contributed by atoms with Gasteiger partial charge in [0.1, 0.15) is 11.1 Å². The Morgan fingerprint density at radius 2 is 1.71 bits per heavy atom. The first kappa shape index (κ1) is 20.4. The van der Waals surface area contributed by atoms with Crippen LogP contribution in [0.2, 0.25) is 0 Å². The van der Waals surface area contributed by atoms with Gasteiger partial charge < -0.3 is 14.2 Å². The third kappa shape index (κ3) is 3.94. The van der Waals surface area contributed by atoms with Crippen molar-refractivity contribution in [3.8, 4) is 17.2 Å². The zero-order chi connectivity index (χ0) is 22.1. The zero-order valence-electron chi connectivity index (χ0n) is 17.9. The molecule has 4 rings (SSSR count). The third-order valence-electron chi connectivity index (χ3n) is 4.68. The molecule has 0 spiro atoms. The molecule has 0 amide bonds. The number of fused-ring (bicyclic) bond motifs is 2. The SMILES string of the molecule is COc1cc2nc(Nc3nc4cccc(OC(C)C)c4c(=O)[nH]3)nc(C)c2cc1OC. The largest absolute Gasteiger partial charge is 0.493 e. The van der Waals surface area contributed by atoms with Crippen molar-refractivity contribution in [2.45, 2.75) is 26.9 Å². The van der Waals surface area contributed by atoms with Crippen molar-refractivity contribution in [1.82, 2.24) is 19.9 Å². The van der Waals surface area contributed by atoms with Crippen LogP contribution in [0.4, 0.5) is 11.9 Å². The number of aryl methyl sites for hydroxylation is 1. The van der Waals surface area contributed by atoms with Crippen LogP contribution >= 0.6 is 0 Å². The van der Waals surface area contributed by atoms with Gasteiger partial charge in [0.2, 0.25) is 11.9 Å². The number of aromatic nitrogens is 4. The van der Waals surface area contributed by atoms with Crippen LogP contribution in [0.1, 0.15) is 19.5 Å². The van der Waals surface area contributed by atoms with Crippen molar-refractivity contribution in [3.05, 3.63) is 46.4 Å². The molecule has 0 aliphatic rings. The molecule has 9 heteroatoms. The Labute approximate surface area is 178 Å². The number of H-pyrrole nitrogens is 1. The minimum Gasteiger partial charge on any atom is -0.493 e. The fourth-order valence-electron chi connectivity index (χ4n) is 3.34. The lowest BCUT2D eigenvalue weighted by Crippen LogP contribution is -2.15. The normalized spacial score (nSPS) is 11.2. The summed E-state index contributed by atoms with van der Waals surface area (Å²) in [7, 11) is 3.15. The summed E-state index contributed by atoms with van der Waals surface area (Å²) in [4.78, 5) is 29.0. The molecule has 2 heterocycles. The first-order valence-electron chi connectivity index (χ1n) is 9.76. The average molecular weight is 421 g/mol. The number of methoxy groups -OCH3 is 2. The maximum Gasteiger partial charge on any atom is 0.263 e. The molecule has 9 nitrogen and oxygen atoms in total. The minimum atomic E-state index is -0.312. The number of rotatable bonds is 6. The summed E-state index contributed by atoms with van der Waals surface area (Å²) in [6, 6.07) is 8.92. The quantitative estimate of drug-likeness (QED) is 0.485. The van der Waals surface area contributed by atoms with Crippen LogP contribution in [0.3, 0.4) is 0 Å². The van der Waals surface area contributed by atoms with Crippen molar-refractivity contribution in [2.75, 3.05) is 19.5 Å². The molecule has 0 atom stereocenters. The highest BCUT2D eigenvalue weighted by Gasteiger charge is 2.14. The summed E-state index contributed by atoms with van der Waals surface area (Å²) >= 11 is 0. The van der Waals surface area contributed by atoms with E-state index in [-0.39, 0.29) is 17.6 Å². The number of hydrogen-bond acceptors (Lipinski definition) is 8. The van der Waals surface area contributed by atoms with E-state index >= 15 is 0 Å². The summed E-state index contributed by atoms with van der Waals surface area (Å²) in [6.07, 6.45) is -0.0626. The number of nitrogens with zero attached hydrogens (tertiary/aromatic N) is 3. The number of benzene rings is 2. The summed E-state index contributed by atoms with van der Waals surface area (Å²) in [5, 5.41) is 4.22. The molecular weight excluding hydrogens is 398 g/mol. The van der Waals surface area contributed by atoms with Crippen molar-refractivity contribution in [3.63, 3.8) is 0 Å². The van der Waals surface area contributed by atoms with Crippen LogP contribution in [0.5, 0.6) is 17.2 Å². The maximum absolute atomic E-state index is 12.7. The van der Waals surface area contributed by atoms with Gasteiger partial charge in [0.05, 0.1) is 37.1 Å². The first-order valence-corrected chi connectivity index (χ1v) is 9.76. The predicted octanol–water partition coefficient (Wildman–Crippen LogP) is 3.72. The standard InChI is InChI=1S/C22H23N5O4/c1-11(2)31-16-8-6-7-14-19(16)20(28)26-22(24-14)27-21-23-12(3)13-9-17(29-4)18(30-5)10-15(13)25-21/h6-11H,1-5H3,(H2,23,24,25,26,27,28). The van der Waals surface area contributed by atoms with Gasteiger partial charge in [-0.1, -0.05) is 6.07 Å². The van der Waals surface area contributed by atoms with Crippen LogP contribution in [0.15, 0.2) is 35.1 Å². The number of anilines is 2. The van der Waals surface area contributed by atoms with Gasteiger partial charge in [0.15, 0.2) is 11.5 Å². The van der Waals surface area contributed by atoms with E-state index in [1.54, 1.807) is 38.5 Å². The molecule has 31 heavy (non-hydrogen) atoms. The smallest absolute Gasteiger partial charge is 0.263 e. The predicted molar refractivity (Wildman–Crippen MR) is 119 cm³/mol. The van der Waals surface area contributed by atoms with Gasteiger partial charge in [-0.2, -0.15) is 0 Å². The summed E-state index contributed by atoms with van der Waals surface area (Å²) in [5.74, 6) is 2.19. The van der Waals surface area contributed by atoms with E-state index in [1.807, 2.05) is 26.8 Å². The van der Waals surface area contributed by atoms with Gasteiger partial charge in [-0.05, 0) is 39.0 Å². The van der Waals surface area contributed by atoms with Crippen LogP contribution in [0, 0.1) is 6.92 Å². The number of ether oxygens (including phenoxy) is 3. The van der Waals surface area contributed by atoms with Gasteiger partial charge in [-0.3, -0.25) is 15.1 Å². The van der Waals surface area contributed by atoms with E-state index < -0.39 is 0 Å². The lowest BCUT2D eigenvalue weighted by atomic mass is 10.1. The second kappa shape index (κ2) is 8.10. The number of aromatic amines is 1. The molecule has 0 bridgehead atoms. The first-order chi connectivity index (χ1) is 14.9. The van der Waals surface area contributed by atoms with Gasteiger partial charge in [-0.25, -0.2) is 15.0 Å². The molecule has 2 N–H and O–H groups in total. The fourth-order valence-corrected chi connectivity index (χ4v) is 3.34. The molecular formula is C22H23N5O4. The van der Waals surface area contributed by atoms with Gasteiger partial charge in [0.25, 0.3) is 5.56 Å². The third-order valence-corrected chi connectivity index (χ3v) is 4.68. The van der Waals surface area contributed by atoms with Crippen molar-refractivity contribution in [1.29, 1.82) is 0 Å². The monoisotopic (exact) mass is 421 g/mol. The van der Waals surface area contributed by atoms with Crippen LogP contribution < -0.4 is 25.1 Å². The van der Waals surface area contributed by atoms with E-state index in [2.05, 4.69) is 25.3 Å². The second-order valence-corrected chi connectivity index (χ2v) is 7.21. The van der Waals surface area contributed by atoms with E-state index in [0.29, 0.717) is 39.6 Å². The van der Waals surface area contributed by atoms with Crippen LogP contribution in [-0.4, -0.2) is 40.3 Å². The summed E-state index contributed by atoms with van der Waals surface area (Å²) in [6.45, 7) is 5.67. The number of hydrogen-bond donors (Lipinski definition) is 2. The lowest BCUT2D eigenvalue weighted by molar-refractivity contribution is 0.245. The van der Waals surface area contributed by atoms with Gasteiger partial charge >= 0.3 is 0 Å². The Morgan fingerprint density at radius 1 is 0.968 bits per heavy atom. The Bertz CT molecular complexity index is 1330. The van der Waals surface area contributed by atoms with Crippen molar-refractivity contribution < 1.29 is 14.2 Å². The van der Waals surface area contributed by atoms with E-state index in [0.717, 1.165) is 11.1 Å². The molecule has 0 unspecified atom stereocenters. The second-order valence-electron chi connectivity index (χ2n) is 7.21. The molecule has 0 fully saturated rings. The van der Waals surface area contributed by atoms with Crippen molar-refractivity contribution >= 4 is 33.7 Å². The molecule has 0 saturated carbocycles. The molecule has 0 radical (unpaired) electrons. The Balaban J connectivity index is 1.76. The highest BCUT2D eigenvalue weighted by molar-refractivity contribution is 5.87. The van der Waals surface area contributed by atoms with Crippen LogP contribution in [-0.2, 0) is 0 Å². The molecule has 0 aliphatic heterocycles. The average Bonchev–Trinajstić information content (AvgIpc) is 2.72. The van der Waals surface area contributed by atoms with E-state index in [1.165, 1.54) is 0 Å². The summed E-state index contributed by atoms with van der Waals surface area (Å²) < 4.78 is 16.5. The zero-order valence-corrected chi connectivity index (χ0v) is 17.9. The number of nitrogens with one attached hydrogen (secondary N) is 2. The summed E-state index contributed by atoms with van der Waals surface area (Å²) in [5.41, 5.74) is 1.61. The molecule has 160 valence electrons. The molecule has 2 aromatic heterocycles. The molecule has 0 saturated heterocycles. The Morgan fingerprint density at radius 3 is 2.42 bits per heavy atom. The van der Waals surface area contributed by atoms with E-state index in [9.17, 15) is 4.79 Å². The molecule has 0 aliphatic carbocycles. The molecule has 4 aromatic rings. The highest BCUT2D eigenvalue weighted by atomic mass is 16.5.